The van der Waals surface area contributed by atoms with Gasteiger partial charge in [-0.15, -0.1) is 11.8 Å². The Balaban J connectivity index is 1.92. The third kappa shape index (κ3) is 4.99. The van der Waals surface area contributed by atoms with Gasteiger partial charge in [-0.3, -0.25) is 4.79 Å². The van der Waals surface area contributed by atoms with Gasteiger partial charge in [-0.2, -0.15) is 0 Å². The summed E-state index contributed by atoms with van der Waals surface area (Å²) in [6, 6.07) is 5.45. The number of rotatable bonds is 8. The predicted molar refractivity (Wildman–Crippen MR) is 93.7 cm³/mol. The number of methoxy groups -OCH3 is 1. The number of carbonyl (C=O) groups is 2. The van der Waals surface area contributed by atoms with Gasteiger partial charge in [-0.05, 0) is 31.5 Å². The molecule has 2 rings (SSSR count). The van der Waals surface area contributed by atoms with Crippen LogP contribution in [0.1, 0.15) is 28.6 Å². The fraction of sp³-hybridized carbons (Fsp3) is 0.353. The number of benzene rings is 1. The molecule has 0 aliphatic heterocycles. The first kappa shape index (κ1) is 18.9. The quantitative estimate of drug-likeness (QED) is 0.742. The monoisotopic (exact) mass is 364 g/mol. The predicted octanol–water partition coefficient (Wildman–Crippen LogP) is 2.48. The third-order valence-corrected chi connectivity index (χ3v) is 4.62. The van der Waals surface area contributed by atoms with Crippen LogP contribution in [0.2, 0.25) is 0 Å². The highest BCUT2D eigenvalue weighted by Crippen LogP contribution is 2.21. The van der Waals surface area contributed by atoms with E-state index < -0.39 is 12.0 Å². The summed E-state index contributed by atoms with van der Waals surface area (Å²) < 4.78 is 10.1. The number of hydrogen-bond donors (Lipinski definition) is 2. The second-order valence-corrected chi connectivity index (χ2v) is 6.39. The van der Waals surface area contributed by atoms with Gasteiger partial charge in [0.25, 0.3) is 0 Å². The molecule has 1 atom stereocenters. The molecular formula is C17H20N2O5S. The van der Waals surface area contributed by atoms with Crippen LogP contribution in [0.4, 0.5) is 0 Å². The highest BCUT2D eigenvalue weighted by atomic mass is 32.2. The van der Waals surface area contributed by atoms with E-state index >= 15 is 0 Å². The second-order valence-electron chi connectivity index (χ2n) is 5.41. The van der Waals surface area contributed by atoms with Crippen molar-refractivity contribution in [1.82, 2.24) is 10.5 Å². The molecule has 25 heavy (non-hydrogen) atoms. The van der Waals surface area contributed by atoms with Gasteiger partial charge in [0.15, 0.2) is 6.04 Å². The summed E-state index contributed by atoms with van der Waals surface area (Å²) in [4.78, 5) is 23.6. The van der Waals surface area contributed by atoms with Crippen LogP contribution in [0, 0.1) is 13.8 Å². The molecule has 1 amide bonds. The topological polar surface area (TPSA) is 102 Å². The normalized spacial score (nSPS) is 11.8. The maximum absolute atomic E-state index is 12.1. The van der Waals surface area contributed by atoms with Crippen molar-refractivity contribution in [3.63, 3.8) is 0 Å². The van der Waals surface area contributed by atoms with Crippen molar-refractivity contribution in [3.05, 3.63) is 46.8 Å². The Morgan fingerprint density at radius 3 is 2.52 bits per heavy atom. The Kier molecular flexibility index (Phi) is 6.46. The standard InChI is InChI=1S/C17H20N2O5S/c1-10-14(11(2)24-19-10)8-25-9-15(20)18-16(17(21)22)12-4-6-13(23-3)7-5-12/h4-7,16H,8-9H2,1-3H3,(H,18,20)(H,21,22). The zero-order valence-electron chi connectivity index (χ0n) is 14.2. The Morgan fingerprint density at radius 1 is 1.32 bits per heavy atom. The fourth-order valence-electron chi connectivity index (χ4n) is 2.24. The van der Waals surface area contributed by atoms with Crippen LogP contribution in [0.3, 0.4) is 0 Å². The number of nitrogens with one attached hydrogen (secondary N) is 1. The molecule has 1 unspecified atom stereocenters. The first-order chi connectivity index (χ1) is 11.9. The first-order valence-corrected chi connectivity index (χ1v) is 8.73. The molecule has 1 aromatic heterocycles. The number of carbonyl (C=O) groups excluding carboxylic acids is 1. The molecule has 1 aromatic carbocycles. The molecule has 7 nitrogen and oxygen atoms in total. The minimum absolute atomic E-state index is 0.143. The maximum Gasteiger partial charge on any atom is 0.330 e. The number of aromatic nitrogens is 1. The lowest BCUT2D eigenvalue weighted by Gasteiger charge is -2.15. The number of nitrogens with zero attached hydrogens (tertiary/aromatic N) is 1. The smallest absolute Gasteiger partial charge is 0.330 e. The number of aliphatic carboxylic acids is 1. The van der Waals surface area contributed by atoms with Crippen molar-refractivity contribution in [2.45, 2.75) is 25.6 Å². The minimum atomic E-state index is -1.12. The molecule has 0 saturated carbocycles. The van der Waals surface area contributed by atoms with Crippen LogP contribution in [-0.4, -0.2) is 35.0 Å². The lowest BCUT2D eigenvalue weighted by Crippen LogP contribution is -2.34. The second kappa shape index (κ2) is 8.57. The van der Waals surface area contributed by atoms with E-state index in [0.29, 0.717) is 17.1 Å². The zero-order valence-corrected chi connectivity index (χ0v) is 15.1. The van der Waals surface area contributed by atoms with E-state index in [0.717, 1.165) is 17.0 Å². The van der Waals surface area contributed by atoms with Gasteiger partial charge in [0.2, 0.25) is 5.91 Å². The number of thioether (sulfide) groups is 1. The molecule has 0 aliphatic carbocycles. The zero-order chi connectivity index (χ0) is 18.4. The molecule has 0 bridgehead atoms. The fourth-order valence-corrected chi connectivity index (χ4v) is 3.23. The number of carboxylic acid groups (broad SMARTS) is 1. The van der Waals surface area contributed by atoms with Crippen molar-refractivity contribution >= 4 is 23.6 Å². The SMILES string of the molecule is COc1ccc(C(NC(=O)CSCc2c(C)noc2C)C(=O)O)cc1. The third-order valence-electron chi connectivity index (χ3n) is 3.66. The molecule has 2 aromatic rings. The average molecular weight is 364 g/mol. The molecule has 134 valence electrons. The van der Waals surface area contributed by atoms with Crippen molar-refractivity contribution in [2.75, 3.05) is 12.9 Å². The molecule has 0 saturated heterocycles. The minimum Gasteiger partial charge on any atom is -0.497 e. The maximum atomic E-state index is 12.1. The van der Waals surface area contributed by atoms with E-state index in [4.69, 9.17) is 9.26 Å². The summed E-state index contributed by atoms with van der Waals surface area (Å²) in [6.07, 6.45) is 0. The van der Waals surface area contributed by atoms with Crippen LogP contribution >= 0.6 is 11.8 Å². The van der Waals surface area contributed by atoms with E-state index in [1.54, 1.807) is 24.3 Å². The Bertz CT molecular complexity index is 722. The van der Waals surface area contributed by atoms with Gasteiger partial charge in [0, 0.05) is 11.3 Å². The number of aryl methyl sites for hydroxylation is 2. The first-order valence-electron chi connectivity index (χ1n) is 7.58. The molecule has 8 heteroatoms. The summed E-state index contributed by atoms with van der Waals surface area (Å²) in [5.41, 5.74) is 2.24. The van der Waals surface area contributed by atoms with Crippen LogP contribution in [0.25, 0.3) is 0 Å². The van der Waals surface area contributed by atoms with Gasteiger partial charge in [0.05, 0.1) is 18.6 Å². The van der Waals surface area contributed by atoms with Crippen molar-refractivity contribution < 1.29 is 24.0 Å². The van der Waals surface area contributed by atoms with E-state index in [1.165, 1.54) is 18.9 Å². The number of ether oxygens (including phenoxy) is 1. The summed E-state index contributed by atoms with van der Waals surface area (Å²) >= 11 is 1.38. The van der Waals surface area contributed by atoms with E-state index in [9.17, 15) is 14.7 Å². The van der Waals surface area contributed by atoms with Crippen LogP contribution < -0.4 is 10.1 Å². The molecule has 0 radical (unpaired) electrons. The van der Waals surface area contributed by atoms with Crippen molar-refractivity contribution in [1.29, 1.82) is 0 Å². The van der Waals surface area contributed by atoms with Crippen LogP contribution in [0.15, 0.2) is 28.8 Å². The van der Waals surface area contributed by atoms with Crippen LogP contribution in [-0.2, 0) is 15.3 Å². The van der Waals surface area contributed by atoms with Gasteiger partial charge in [-0.1, -0.05) is 17.3 Å². The lowest BCUT2D eigenvalue weighted by atomic mass is 10.1. The highest BCUT2D eigenvalue weighted by molar-refractivity contribution is 7.99. The van der Waals surface area contributed by atoms with Crippen LogP contribution in [0.5, 0.6) is 5.75 Å². The van der Waals surface area contributed by atoms with E-state index in [1.807, 2.05) is 13.8 Å². The van der Waals surface area contributed by atoms with Gasteiger partial charge in [-0.25, -0.2) is 4.79 Å². The highest BCUT2D eigenvalue weighted by Gasteiger charge is 2.22. The van der Waals surface area contributed by atoms with E-state index in [2.05, 4.69) is 10.5 Å². The van der Waals surface area contributed by atoms with Gasteiger partial charge >= 0.3 is 5.97 Å². The molecule has 0 spiro atoms. The van der Waals surface area contributed by atoms with Gasteiger partial charge < -0.3 is 19.7 Å². The summed E-state index contributed by atoms with van der Waals surface area (Å²) in [5.74, 6) is 0.606. The van der Waals surface area contributed by atoms with Crippen molar-refractivity contribution in [3.8, 4) is 5.75 Å². The van der Waals surface area contributed by atoms with Crippen molar-refractivity contribution in [2.24, 2.45) is 0 Å². The molecular weight excluding hydrogens is 344 g/mol. The summed E-state index contributed by atoms with van der Waals surface area (Å²) in [7, 11) is 1.53. The largest absolute Gasteiger partial charge is 0.497 e. The molecule has 0 fully saturated rings. The summed E-state index contributed by atoms with van der Waals surface area (Å²) in [5, 5.41) is 15.8. The number of amides is 1. The average Bonchev–Trinajstić information content (AvgIpc) is 2.91. The van der Waals surface area contributed by atoms with Gasteiger partial charge in [0.1, 0.15) is 11.5 Å². The number of carboxylic acids is 1. The Labute approximate surface area is 149 Å². The Hall–Kier alpha value is -2.48. The lowest BCUT2D eigenvalue weighted by molar-refractivity contribution is -0.141. The Morgan fingerprint density at radius 2 is 2.00 bits per heavy atom. The number of hydrogen-bond acceptors (Lipinski definition) is 6. The summed E-state index contributed by atoms with van der Waals surface area (Å²) in [6.45, 7) is 3.66. The molecule has 2 N–H and O–H groups in total. The molecule has 1 heterocycles. The molecule has 0 aliphatic rings. The van der Waals surface area contributed by atoms with E-state index in [-0.39, 0.29) is 11.7 Å².